The molecular weight excluding hydrogens is 196 g/mol. The van der Waals surface area contributed by atoms with Gasteiger partial charge in [0.25, 0.3) is 0 Å². The number of fused-ring (bicyclic) bond motifs is 1. The largest absolute Gasteiger partial charge is 0.408 e. The lowest BCUT2D eigenvalue weighted by Gasteiger charge is -1.97. The van der Waals surface area contributed by atoms with Crippen LogP contribution < -0.4 is 4.74 Å². The van der Waals surface area contributed by atoms with Crippen molar-refractivity contribution in [1.29, 1.82) is 0 Å². The van der Waals surface area contributed by atoms with Crippen LogP contribution in [0.1, 0.15) is 27.6 Å². The molecule has 1 heterocycles. The van der Waals surface area contributed by atoms with Crippen molar-refractivity contribution in [2.24, 2.45) is 0 Å². The van der Waals surface area contributed by atoms with Crippen LogP contribution in [0.2, 0.25) is 0 Å². The molecule has 15 heavy (non-hydrogen) atoms. The van der Waals surface area contributed by atoms with Gasteiger partial charge in [-0.25, -0.2) is 9.59 Å². The number of carbonyl (C=O) groups excluding carboxylic acids is 2. The van der Waals surface area contributed by atoms with Gasteiger partial charge in [-0.3, -0.25) is 0 Å². The van der Waals surface area contributed by atoms with Gasteiger partial charge in [0.1, 0.15) is 11.9 Å². The summed E-state index contributed by atoms with van der Waals surface area (Å²) in [7, 11) is 0. The third-order valence-corrected chi connectivity index (χ3v) is 1.89. The predicted octanol–water partition coefficient (Wildman–Crippen LogP) is 1.36. The average Bonchev–Trinajstić information content (AvgIpc) is 2.52. The molecule has 2 rings (SSSR count). The van der Waals surface area contributed by atoms with Gasteiger partial charge < -0.3 is 9.47 Å². The molecule has 0 saturated carbocycles. The van der Waals surface area contributed by atoms with Gasteiger partial charge in [0, 0.05) is 6.92 Å². The van der Waals surface area contributed by atoms with E-state index in [0.717, 1.165) is 0 Å². The first kappa shape index (κ1) is 9.28. The molecule has 0 fully saturated rings. The molecule has 1 aromatic carbocycles. The molecule has 0 spiro atoms. The third kappa shape index (κ3) is 1.55. The van der Waals surface area contributed by atoms with E-state index in [1.165, 1.54) is 12.1 Å². The second kappa shape index (κ2) is 3.46. The van der Waals surface area contributed by atoms with Crippen molar-refractivity contribution in [3.8, 4) is 17.8 Å². The Balaban J connectivity index is 2.41. The summed E-state index contributed by atoms with van der Waals surface area (Å²) in [6.45, 7) is 1.63. The molecular formula is C11H6O4. The van der Waals surface area contributed by atoms with Gasteiger partial charge in [-0.1, -0.05) is 5.92 Å². The summed E-state index contributed by atoms with van der Waals surface area (Å²) in [4.78, 5) is 22.3. The molecule has 0 atom stereocenters. The topological polar surface area (TPSA) is 52.6 Å². The Hall–Kier alpha value is -2.28. The van der Waals surface area contributed by atoms with Crippen LogP contribution in [-0.2, 0) is 4.74 Å². The zero-order chi connectivity index (χ0) is 10.8. The van der Waals surface area contributed by atoms with Gasteiger partial charge in [0.05, 0.1) is 11.1 Å². The average molecular weight is 202 g/mol. The van der Waals surface area contributed by atoms with Gasteiger partial charge in [-0.15, -0.1) is 0 Å². The van der Waals surface area contributed by atoms with Gasteiger partial charge in [0.15, 0.2) is 0 Å². The van der Waals surface area contributed by atoms with Gasteiger partial charge in [0.2, 0.25) is 0 Å². The van der Waals surface area contributed by atoms with Crippen LogP contribution in [-0.4, -0.2) is 11.9 Å². The van der Waals surface area contributed by atoms with E-state index in [2.05, 4.69) is 16.8 Å². The van der Waals surface area contributed by atoms with E-state index in [-0.39, 0.29) is 11.1 Å². The molecule has 1 aliphatic rings. The highest BCUT2D eigenvalue weighted by molar-refractivity contribution is 6.14. The fourth-order valence-corrected chi connectivity index (χ4v) is 1.24. The van der Waals surface area contributed by atoms with Crippen molar-refractivity contribution in [1.82, 2.24) is 0 Å². The lowest BCUT2D eigenvalue weighted by Crippen LogP contribution is -1.96. The number of ether oxygens (including phenoxy) is 2. The molecule has 0 radical (unpaired) electrons. The molecule has 0 aliphatic carbocycles. The summed E-state index contributed by atoms with van der Waals surface area (Å²) in [5, 5.41) is 0. The third-order valence-electron chi connectivity index (χ3n) is 1.89. The Bertz CT molecular complexity index is 505. The van der Waals surface area contributed by atoms with Crippen LogP contribution in [0.25, 0.3) is 0 Å². The molecule has 0 aromatic heterocycles. The summed E-state index contributed by atoms with van der Waals surface area (Å²) in [6, 6.07) is 4.48. The van der Waals surface area contributed by atoms with Crippen LogP contribution in [0.5, 0.6) is 5.75 Å². The molecule has 0 N–H and O–H groups in total. The van der Waals surface area contributed by atoms with Crippen molar-refractivity contribution in [2.75, 3.05) is 0 Å². The van der Waals surface area contributed by atoms with Crippen LogP contribution in [0.4, 0.5) is 0 Å². The Morgan fingerprint density at radius 2 is 1.93 bits per heavy atom. The van der Waals surface area contributed by atoms with E-state index in [0.29, 0.717) is 5.75 Å². The van der Waals surface area contributed by atoms with Crippen LogP contribution in [0.3, 0.4) is 0 Å². The number of cyclic esters (lactones) is 2. The summed E-state index contributed by atoms with van der Waals surface area (Å²) >= 11 is 0. The molecule has 0 unspecified atom stereocenters. The number of rotatable bonds is 1. The predicted molar refractivity (Wildman–Crippen MR) is 50.3 cm³/mol. The molecule has 0 amide bonds. The van der Waals surface area contributed by atoms with Crippen molar-refractivity contribution < 1.29 is 19.1 Å². The summed E-state index contributed by atoms with van der Waals surface area (Å²) in [6.07, 6.45) is 2.39. The zero-order valence-electron chi connectivity index (χ0n) is 7.87. The molecule has 74 valence electrons. The second-order valence-corrected chi connectivity index (χ2v) is 2.84. The first-order valence-corrected chi connectivity index (χ1v) is 4.21. The lowest BCUT2D eigenvalue weighted by molar-refractivity contribution is 0.0443. The van der Waals surface area contributed by atoms with E-state index in [1.54, 1.807) is 13.0 Å². The summed E-state index contributed by atoms with van der Waals surface area (Å²) < 4.78 is 9.41. The number of esters is 2. The molecule has 0 bridgehead atoms. The van der Waals surface area contributed by atoms with Crippen LogP contribution >= 0.6 is 0 Å². The van der Waals surface area contributed by atoms with Gasteiger partial charge in [-0.2, -0.15) is 0 Å². The van der Waals surface area contributed by atoms with Crippen LogP contribution in [0.15, 0.2) is 18.2 Å². The fourth-order valence-electron chi connectivity index (χ4n) is 1.24. The van der Waals surface area contributed by atoms with E-state index >= 15 is 0 Å². The minimum absolute atomic E-state index is 0.218. The fraction of sp³-hybridized carbons (Fsp3) is 0.0909. The highest BCUT2D eigenvalue weighted by atomic mass is 16.6. The van der Waals surface area contributed by atoms with E-state index in [1.807, 2.05) is 0 Å². The number of benzene rings is 1. The highest BCUT2D eigenvalue weighted by Crippen LogP contribution is 2.24. The summed E-state index contributed by atoms with van der Waals surface area (Å²) in [5.41, 5.74) is 0.479. The van der Waals surface area contributed by atoms with E-state index < -0.39 is 11.9 Å². The van der Waals surface area contributed by atoms with Gasteiger partial charge >= 0.3 is 11.9 Å². The van der Waals surface area contributed by atoms with Crippen molar-refractivity contribution in [3.05, 3.63) is 29.3 Å². The van der Waals surface area contributed by atoms with Crippen LogP contribution in [0, 0.1) is 12.0 Å². The molecule has 1 aliphatic heterocycles. The maximum absolute atomic E-state index is 11.2. The number of carbonyl (C=O) groups is 2. The Labute approximate surface area is 85.8 Å². The monoisotopic (exact) mass is 202 g/mol. The lowest BCUT2D eigenvalue weighted by atomic mass is 10.1. The Kier molecular flexibility index (Phi) is 2.14. The normalized spacial score (nSPS) is 12.6. The second-order valence-electron chi connectivity index (χ2n) is 2.84. The SMILES string of the molecule is CC#COc1ccc2c(c1)C(=O)OC2=O. The maximum atomic E-state index is 11.2. The van der Waals surface area contributed by atoms with E-state index in [4.69, 9.17) is 4.74 Å². The quantitative estimate of drug-likeness (QED) is 0.392. The highest BCUT2D eigenvalue weighted by Gasteiger charge is 2.29. The molecule has 4 nitrogen and oxygen atoms in total. The zero-order valence-corrected chi connectivity index (χ0v) is 7.87. The number of hydrogen-bond donors (Lipinski definition) is 0. The van der Waals surface area contributed by atoms with Crippen molar-refractivity contribution in [3.63, 3.8) is 0 Å². The smallest absolute Gasteiger partial charge is 0.347 e. The van der Waals surface area contributed by atoms with Crippen molar-refractivity contribution in [2.45, 2.75) is 6.92 Å². The standard InChI is InChI=1S/C11H6O4/c1-2-5-14-7-3-4-8-9(6-7)11(13)15-10(8)12/h3-4,6H,1H3. The molecule has 4 heteroatoms. The van der Waals surface area contributed by atoms with Crippen molar-refractivity contribution >= 4 is 11.9 Å². The molecule has 0 saturated heterocycles. The Morgan fingerprint density at radius 3 is 2.67 bits per heavy atom. The first-order valence-electron chi connectivity index (χ1n) is 4.21. The minimum atomic E-state index is -0.648. The maximum Gasteiger partial charge on any atom is 0.347 e. The first-order chi connectivity index (χ1) is 7.22. The number of hydrogen-bond acceptors (Lipinski definition) is 4. The van der Waals surface area contributed by atoms with Gasteiger partial charge in [-0.05, 0) is 18.2 Å². The Morgan fingerprint density at radius 1 is 1.20 bits per heavy atom. The summed E-state index contributed by atoms with van der Waals surface area (Å²) in [5.74, 6) is 1.69. The minimum Gasteiger partial charge on any atom is -0.408 e. The molecule has 1 aromatic rings. The van der Waals surface area contributed by atoms with E-state index in [9.17, 15) is 9.59 Å².